The van der Waals surface area contributed by atoms with Gasteiger partial charge in [-0.2, -0.15) is 13.2 Å². The molecule has 0 aromatic carbocycles. The molecule has 1 aliphatic carbocycles. The fraction of sp³-hybridized carbons (Fsp3) is 1.00. The molecule has 0 amide bonds. The van der Waals surface area contributed by atoms with Gasteiger partial charge in [-0.05, 0) is 57.5 Å². The number of nitrogens with zero attached hydrogens (tertiary/aromatic N) is 1. The molecule has 1 saturated carbocycles. The molecular weight excluding hydrogens is 263 g/mol. The minimum absolute atomic E-state index is 0.150. The van der Waals surface area contributed by atoms with Crippen molar-refractivity contribution < 1.29 is 13.2 Å². The molecular formula is C16H30F3N. The maximum absolute atomic E-state index is 12.6. The third kappa shape index (κ3) is 4.37. The van der Waals surface area contributed by atoms with E-state index in [1.165, 1.54) is 0 Å². The van der Waals surface area contributed by atoms with Gasteiger partial charge in [-0.1, -0.05) is 27.2 Å². The van der Waals surface area contributed by atoms with E-state index in [1.807, 2.05) is 6.92 Å². The molecule has 0 aromatic rings. The standard InChI is InChI=1S/C16H30F3N/c1-12(2)15(20(4)5)9-6-7-14(11-16(17,18)19)13(3)8-10-15/h12-14H,6-11H2,1-5H3. The first-order chi connectivity index (χ1) is 9.08. The molecule has 0 bridgehead atoms. The van der Waals surface area contributed by atoms with E-state index in [1.54, 1.807) is 0 Å². The Balaban J connectivity index is 2.76. The van der Waals surface area contributed by atoms with Gasteiger partial charge in [0.25, 0.3) is 0 Å². The zero-order chi connectivity index (χ0) is 15.6. The van der Waals surface area contributed by atoms with Crippen molar-refractivity contribution in [2.75, 3.05) is 14.1 Å². The van der Waals surface area contributed by atoms with Crippen LogP contribution in [0.1, 0.15) is 59.3 Å². The monoisotopic (exact) mass is 293 g/mol. The predicted octanol–water partition coefficient (Wildman–Crippen LogP) is 5.11. The van der Waals surface area contributed by atoms with Crippen molar-refractivity contribution in [1.29, 1.82) is 0 Å². The zero-order valence-corrected chi connectivity index (χ0v) is 13.6. The van der Waals surface area contributed by atoms with Crippen LogP contribution < -0.4 is 0 Å². The molecule has 20 heavy (non-hydrogen) atoms. The van der Waals surface area contributed by atoms with Crippen molar-refractivity contribution in [2.45, 2.75) is 71.0 Å². The fourth-order valence-corrected chi connectivity index (χ4v) is 3.93. The fourth-order valence-electron chi connectivity index (χ4n) is 3.93. The molecule has 0 saturated heterocycles. The predicted molar refractivity (Wildman–Crippen MR) is 77.7 cm³/mol. The highest BCUT2D eigenvalue weighted by molar-refractivity contribution is 4.93. The van der Waals surface area contributed by atoms with E-state index in [-0.39, 0.29) is 17.4 Å². The quantitative estimate of drug-likeness (QED) is 0.698. The first-order valence-electron chi connectivity index (χ1n) is 7.82. The Morgan fingerprint density at radius 1 is 1.15 bits per heavy atom. The summed E-state index contributed by atoms with van der Waals surface area (Å²) in [7, 11) is 4.22. The van der Waals surface area contributed by atoms with E-state index < -0.39 is 12.6 Å². The van der Waals surface area contributed by atoms with Crippen LogP contribution in [0.3, 0.4) is 0 Å². The smallest absolute Gasteiger partial charge is 0.303 e. The average Bonchev–Trinajstić information content (AvgIpc) is 2.27. The molecule has 3 unspecified atom stereocenters. The highest BCUT2D eigenvalue weighted by atomic mass is 19.4. The summed E-state index contributed by atoms with van der Waals surface area (Å²) in [5.41, 5.74) is 0.150. The number of halogens is 3. The van der Waals surface area contributed by atoms with Crippen LogP contribution in [0.25, 0.3) is 0 Å². The largest absolute Gasteiger partial charge is 0.389 e. The van der Waals surface area contributed by atoms with Gasteiger partial charge < -0.3 is 4.90 Å². The summed E-state index contributed by atoms with van der Waals surface area (Å²) < 4.78 is 37.9. The highest BCUT2D eigenvalue weighted by Crippen LogP contribution is 2.42. The molecule has 0 aromatic heterocycles. The van der Waals surface area contributed by atoms with Gasteiger partial charge in [0.05, 0.1) is 0 Å². The Hall–Kier alpha value is -0.250. The summed E-state index contributed by atoms with van der Waals surface area (Å²) >= 11 is 0. The van der Waals surface area contributed by atoms with Gasteiger partial charge in [0.1, 0.15) is 0 Å². The third-order valence-electron chi connectivity index (χ3n) is 5.48. The van der Waals surface area contributed by atoms with Crippen molar-refractivity contribution in [1.82, 2.24) is 4.90 Å². The van der Waals surface area contributed by atoms with Gasteiger partial charge in [-0.15, -0.1) is 0 Å². The summed E-state index contributed by atoms with van der Waals surface area (Å²) in [6.45, 7) is 6.47. The molecule has 0 heterocycles. The third-order valence-corrected chi connectivity index (χ3v) is 5.48. The topological polar surface area (TPSA) is 3.24 Å². The molecule has 0 aliphatic heterocycles. The maximum atomic E-state index is 12.6. The normalized spacial score (nSPS) is 33.3. The van der Waals surface area contributed by atoms with Crippen LogP contribution in [0.4, 0.5) is 13.2 Å². The van der Waals surface area contributed by atoms with Gasteiger partial charge in [-0.25, -0.2) is 0 Å². The van der Waals surface area contributed by atoms with Gasteiger partial charge in [0.2, 0.25) is 0 Å². The van der Waals surface area contributed by atoms with Crippen molar-refractivity contribution in [3.63, 3.8) is 0 Å². The second-order valence-corrected chi connectivity index (χ2v) is 7.14. The van der Waals surface area contributed by atoms with E-state index in [9.17, 15) is 13.2 Å². The number of hydrogen-bond donors (Lipinski definition) is 0. The van der Waals surface area contributed by atoms with Crippen LogP contribution in [0.15, 0.2) is 0 Å². The molecule has 3 atom stereocenters. The highest BCUT2D eigenvalue weighted by Gasteiger charge is 2.40. The Labute approximate surface area is 121 Å². The number of rotatable bonds is 3. The molecule has 1 nitrogen and oxygen atoms in total. The second kappa shape index (κ2) is 6.67. The SMILES string of the molecule is CC1CCC(C(C)C)(N(C)C)CCCC1CC(F)(F)F. The molecule has 0 radical (unpaired) electrons. The van der Waals surface area contributed by atoms with Crippen molar-refractivity contribution in [3.8, 4) is 0 Å². The van der Waals surface area contributed by atoms with Crippen LogP contribution >= 0.6 is 0 Å². The molecule has 0 N–H and O–H groups in total. The summed E-state index contributed by atoms with van der Waals surface area (Å²) in [4.78, 5) is 2.30. The summed E-state index contributed by atoms with van der Waals surface area (Å²) in [6.07, 6.45) is -0.0902. The van der Waals surface area contributed by atoms with E-state index in [0.717, 1.165) is 25.7 Å². The van der Waals surface area contributed by atoms with Gasteiger partial charge >= 0.3 is 6.18 Å². The van der Waals surface area contributed by atoms with Crippen LogP contribution in [-0.2, 0) is 0 Å². The molecule has 4 heteroatoms. The maximum Gasteiger partial charge on any atom is 0.389 e. The van der Waals surface area contributed by atoms with Gasteiger partial charge in [0.15, 0.2) is 0 Å². The minimum atomic E-state index is -4.02. The van der Waals surface area contributed by atoms with Gasteiger partial charge in [0, 0.05) is 12.0 Å². The van der Waals surface area contributed by atoms with E-state index in [0.29, 0.717) is 12.3 Å². The summed E-state index contributed by atoms with van der Waals surface area (Å²) in [5.74, 6) is 0.501. The Bertz CT molecular complexity index is 289. The number of hydrogen-bond acceptors (Lipinski definition) is 1. The summed E-state index contributed by atoms with van der Waals surface area (Å²) in [5, 5.41) is 0. The molecule has 120 valence electrons. The minimum Gasteiger partial charge on any atom is -0.303 e. The molecule has 1 fully saturated rings. The van der Waals surface area contributed by atoms with Crippen LogP contribution in [0, 0.1) is 17.8 Å². The van der Waals surface area contributed by atoms with E-state index >= 15 is 0 Å². The lowest BCUT2D eigenvalue weighted by molar-refractivity contribution is -0.150. The van der Waals surface area contributed by atoms with Crippen LogP contribution in [0.2, 0.25) is 0 Å². The first-order valence-corrected chi connectivity index (χ1v) is 7.82. The molecule has 1 aliphatic rings. The van der Waals surface area contributed by atoms with E-state index in [2.05, 4.69) is 32.8 Å². The lowest BCUT2D eigenvalue weighted by Crippen LogP contribution is -2.49. The van der Waals surface area contributed by atoms with Crippen LogP contribution in [-0.4, -0.2) is 30.7 Å². The second-order valence-electron chi connectivity index (χ2n) is 7.14. The zero-order valence-electron chi connectivity index (χ0n) is 13.6. The van der Waals surface area contributed by atoms with Crippen LogP contribution in [0.5, 0.6) is 0 Å². The molecule has 1 rings (SSSR count). The number of alkyl halides is 3. The molecule has 0 spiro atoms. The van der Waals surface area contributed by atoms with Crippen molar-refractivity contribution in [3.05, 3.63) is 0 Å². The van der Waals surface area contributed by atoms with Gasteiger partial charge in [-0.3, -0.25) is 0 Å². The lowest BCUT2D eigenvalue weighted by Gasteiger charge is -2.46. The van der Waals surface area contributed by atoms with E-state index in [4.69, 9.17) is 0 Å². The van der Waals surface area contributed by atoms with Crippen molar-refractivity contribution in [2.24, 2.45) is 17.8 Å². The Kier molecular flexibility index (Phi) is 5.94. The summed E-state index contributed by atoms with van der Waals surface area (Å²) in [6, 6.07) is 0. The average molecular weight is 293 g/mol. The Morgan fingerprint density at radius 2 is 1.75 bits per heavy atom. The van der Waals surface area contributed by atoms with Crippen molar-refractivity contribution >= 4 is 0 Å². The Morgan fingerprint density at radius 3 is 2.20 bits per heavy atom. The first kappa shape index (κ1) is 17.8. The lowest BCUT2D eigenvalue weighted by atomic mass is 9.70.